The maximum absolute atomic E-state index is 2.39. The van der Waals surface area contributed by atoms with E-state index < -0.39 is 5.41 Å². The van der Waals surface area contributed by atoms with Crippen molar-refractivity contribution in [3.8, 4) is 33.4 Å². The largest absolute Gasteiger partial charge is 0.0719 e. The van der Waals surface area contributed by atoms with Gasteiger partial charge in [-0.3, -0.25) is 0 Å². The van der Waals surface area contributed by atoms with Gasteiger partial charge in [-0.15, -0.1) is 0 Å². The number of benzene rings is 11. The van der Waals surface area contributed by atoms with Gasteiger partial charge >= 0.3 is 0 Å². The Labute approximate surface area is 319 Å². The SMILES string of the molecule is c1ccc(C2(c3ccccc3)c3ccccc3-c3ccc4c(-c5ccc6ccc7c(-c8ccc9ccccc9c8)ccc8ccc5c6c87)cccc4c32)cc1. The first-order valence-corrected chi connectivity index (χ1v) is 19.3. The highest BCUT2D eigenvalue weighted by molar-refractivity contribution is 6.28. The topological polar surface area (TPSA) is 0 Å². The predicted molar refractivity (Wildman–Crippen MR) is 233 cm³/mol. The molecule has 0 nitrogen and oxygen atoms in total. The molecule has 0 radical (unpaired) electrons. The Balaban J connectivity index is 1.13. The molecule has 0 saturated heterocycles. The molecule has 0 spiro atoms. The molecule has 11 aromatic rings. The van der Waals surface area contributed by atoms with Crippen molar-refractivity contribution in [3.63, 3.8) is 0 Å². The standard InChI is InChI=1S/C55H34/c1-3-14-40(15-4-1)55(41-16-5-2-6-17-41)51-21-10-9-18-46(51)50-33-32-45-43(19-11-20-49(45)54(50)55)44-29-25-37-26-30-47-42(28-24-36-27-31-48(44)53(37)52(36)47)39-23-22-35-12-7-8-13-38(35)34-39/h1-34H. The van der Waals surface area contributed by atoms with Crippen molar-refractivity contribution in [2.24, 2.45) is 0 Å². The Bertz CT molecular complexity index is 3260. The van der Waals surface area contributed by atoms with Gasteiger partial charge in [-0.2, -0.15) is 0 Å². The summed E-state index contributed by atoms with van der Waals surface area (Å²) in [6.07, 6.45) is 0. The van der Waals surface area contributed by atoms with Crippen LogP contribution in [0.25, 0.3) is 87.2 Å². The van der Waals surface area contributed by atoms with Crippen LogP contribution < -0.4 is 0 Å². The zero-order valence-electron chi connectivity index (χ0n) is 30.1. The maximum atomic E-state index is 2.39. The van der Waals surface area contributed by atoms with E-state index in [1.54, 1.807) is 0 Å². The average molecular weight is 695 g/mol. The van der Waals surface area contributed by atoms with E-state index in [1.165, 1.54) is 109 Å². The van der Waals surface area contributed by atoms with Gasteiger partial charge in [0.05, 0.1) is 5.41 Å². The van der Waals surface area contributed by atoms with Gasteiger partial charge < -0.3 is 0 Å². The van der Waals surface area contributed by atoms with Gasteiger partial charge in [0.15, 0.2) is 0 Å². The molecule has 11 aromatic carbocycles. The van der Waals surface area contributed by atoms with Crippen molar-refractivity contribution in [1.29, 1.82) is 0 Å². The molecule has 12 rings (SSSR count). The van der Waals surface area contributed by atoms with Crippen molar-refractivity contribution in [2.75, 3.05) is 0 Å². The first-order valence-electron chi connectivity index (χ1n) is 19.3. The third-order valence-electron chi connectivity index (χ3n) is 12.5. The number of rotatable bonds is 4. The lowest BCUT2D eigenvalue weighted by molar-refractivity contribution is 0.775. The second-order valence-corrected chi connectivity index (χ2v) is 15.1. The first-order chi connectivity index (χ1) is 27.3. The highest BCUT2D eigenvalue weighted by Gasteiger charge is 2.47. The highest BCUT2D eigenvalue weighted by Crippen LogP contribution is 2.58. The molecule has 0 unspecified atom stereocenters. The van der Waals surface area contributed by atoms with E-state index in [0.29, 0.717) is 0 Å². The minimum absolute atomic E-state index is 0.464. The zero-order valence-corrected chi connectivity index (χ0v) is 30.1. The molecule has 0 atom stereocenters. The molecule has 55 heavy (non-hydrogen) atoms. The monoisotopic (exact) mass is 694 g/mol. The molecule has 1 aliphatic carbocycles. The molecule has 0 heteroatoms. The van der Waals surface area contributed by atoms with Crippen LogP contribution in [-0.4, -0.2) is 0 Å². The summed E-state index contributed by atoms with van der Waals surface area (Å²) in [5.41, 5.74) is 12.5. The maximum Gasteiger partial charge on any atom is 0.0719 e. The minimum Gasteiger partial charge on any atom is -0.0622 e. The van der Waals surface area contributed by atoms with Crippen molar-refractivity contribution < 1.29 is 0 Å². The van der Waals surface area contributed by atoms with E-state index in [4.69, 9.17) is 0 Å². The summed E-state index contributed by atoms with van der Waals surface area (Å²) in [5, 5.41) is 12.9. The fraction of sp³-hybridized carbons (Fsp3) is 0.0182. The molecule has 0 bridgehead atoms. The van der Waals surface area contributed by atoms with E-state index in [0.717, 1.165) is 0 Å². The average Bonchev–Trinajstić information content (AvgIpc) is 3.57. The Kier molecular flexibility index (Phi) is 6.36. The van der Waals surface area contributed by atoms with E-state index >= 15 is 0 Å². The van der Waals surface area contributed by atoms with Crippen molar-refractivity contribution in [2.45, 2.75) is 5.41 Å². The van der Waals surface area contributed by atoms with Gasteiger partial charge in [-0.25, -0.2) is 0 Å². The lowest BCUT2D eigenvalue weighted by Crippen LogP contribution is -2.28. The number of fused-ring (bicyclic) bond motifs is 6. The van der Waals surface area contributed by atoms with Crippen LogP contribution in [0.1, 0.15) is 22.3 Å². The molecule has 1 aliphatic rings. The summed E-state index contributed by atoms with van der Waals surface area (Å²) < 4.78 is 0. The molecule has 0 aromatic heterocycles. The molecule has 0 saturated carbocycles. The van der Waals surface area contributed by atoms with E-state index in [-0.39, 0.29) is 0 Å². The number of hydrogen-bond donors (Lipinski definition) is 0. The number of hydrogen-bond acceptors (Lipinski definition) is 0. The van der Waals surface area contributed by atoms with Crippen LogP contribution in [0.15, 0.2) is 206 Å². The van der Waals surface area contributed by atoms with Gasteiger partial charge in [0, 0.05) is 0 Å². The third kappa shape index (κ3) is 4.17. The molecule has 254 valence electrons. The third-order valence-corrected chi connectivity index (χ3v) is 12.5. The van der Waals surface area contributed by atoms with E-state index in [1.807, 2.05) is 0 Å². The molecule has 0 fully saturated rings. The van der Waals surface area contributed by atoms with Gasteiger partial charge in [0.2, 0.25) is 0 Å². The van der Waals surface area contributed by atoms with Crippen LogP contribution in [0.5, 0.6) is 0 Å². The van der Waals surface area contributed by atoms with Crippen LogP contribution in [0.4, 0.5) is 0 Å². The molecular formula is C55H34. The van der Waals surface area contributed by atoms with Gasteiger partial charge in [0.1, 0.15) is 0 Å². The fourth-order valence-electron chi connectivity index (χ4n) is 10.2. The smallest absolute Gasteiger partial charge is 0.0622 e. The Morgan fingerprint density at radius 3 is 1.55 bits per heavy atom. The fourth-order valence-corrected chi connectivity index (χ4v) is 10.2. The molecule has 0 amide bonds. The lowest BCUT2D eigenvalue weighted by Gasteiger charge is -2.34. The molecule has 0 N–H and O–H groups in total. The Morgan fingerprint density at radius 1 is 0.273 bits per heavy atom. The lowest BCUT2D eigenvalue weighted by atomic mass is 9.66. The Hall–Kier alpha value is -7.02. The second kappa shape index (κ2) is 11.5. The summed E-state index contributed by atoms with van der Waals surface area (Å²) in [7, 11) is 0. The highest BCUT2D eigenvalue weighted by atomic mass is 14.5. The minimum atomic E-state index is -0.464. The van der Waals surface area contributed by atoms with Crippen molar-refractivity contribution >= 4 is 53.9 Å². The van der Waals surface area contributed by atoms with Crippen LogP contribution >= 0.6 is 0 Å². The normalized spacial score (nSPS) is 13.2. The zero-order chi connectivity index (χ0) is 36.1. The quantitative estimate of drug-likeness (QED) is 0.161. The molecular weight excluding hydrogens is 661 g/mol. The summed E-state index contributed by atoms with van der Waals surface area (Å²) in [5.74, 6) is 0. The van der Waals surface area contributed by atoms with Gasteiger partial charge in [0.25, 0.3) is 0 Å². The van der Waals surface area contributed by atoms with Crippen LogP contribution in [-0.2, 0) is 5.41 Å². The molecule has 0 heterocycles. The second-order valence-electron chi connectivity index (χ2n) is 15.1. The molecule has 0 aliphatic heterocycles. The predicted octanol–water partition coefficient (Wildman–Crippen LogP) is 14.6. The Morgan fingerprint density at radius 2 is 0.800 bits per heavy atom. The van der Waals surface area contributed by atoms with E-state index in [9.17, 15) is 0 Å². The van der Waals surface area contributed by atoms with Gasteiger partial charge in [-0.05, 0) is 116 Å². The van der Waals surface area contributed by atoms with Crippen LogP contribution in [0.2, 0.25) is 0 Å². The van der Waals surface area contributed by atoms with Crippen LogP contribution in [0.3, 0.4) is 0 Å². The van der Waals surface area contributed by atoms with Gasteiger partial charge in [-0.1, -0.05) is 200 Å². The van der Waals surface area contributed by atoms with E-state index in [2.05, 4.69) is 206 Å². The first kappa shape index (κ1) is 30.4. The summed E-state index contributed by atoms with van der Waals surface area (Å²) >= 11 is 0. The summed E-state index contributed by atoms with van der Waals surface area (Å²) in [6, 6.07) is 77.2. The summed E-state index contributed by atoms with van der Waals surface area (Å²) in [6.45, 7) is 0. The van der Waals surface area contributed by atoms with Crippen LogP contribution in [0, 0.1) is 0 Å². The summed E-state index contributed by atoms with van der Waals surface area (Å²) in [4.78, 5) is 0. The van der Waals surface area contributed by atoms with Crippen molar-refractivity contribution in [1.82, 2.24) is 0 Å². The van der Waals surface area contributed by atoms with Crippen molar-refractivity contribution in [3.05, 3.63) is 229 Å².